The van der Waals surface area contributed by atoms with Gasteiger partial charge in [0.2, 0.25) is 0 Å². The van der Waals surface area contributed by atoms with Crippen LogP contribution in [0.2, 0.25) is 5.15 Å². The van der Waals surface area contributed by atoms with Crippen LogP contribution in [-0.4, -0.2) is 17.6 Å². The largest absolute Gasteiger partial charge is 0.465 e. The van der Waals surface area contributed by atoms with Gasteiger partial charge in [-0.3, -0.25) is 4.79 Å². The highest BCUT2D eigenvalue weighted by Gasteiger charge is 2.19. The van der Waals surface area contributed by atoms with Crippen molar-refractivity contribution < 1.29 is 9.53 Å². The molecule has 1 aromatic heterocycles. The van der Waals surface area contributed by atoms with Gasteiger partial charge in [0.15, 0.2) is 0 Å². The molecule has 1 heterocycles. The van der Waals surface area contributed by atoms with Crippen LogP contribution >= 0.6 is 11.6 Å². The molecule has 1 aromatic rings. The molecule has 0 aliphatic rings. The minimum atomic E-state index is -0.789. The van der Waals surface area contributed by atoms with Crippen LogP contribution in [-0.2, 0) is 16.0 Å². The van der Waals surface area contributed by atoms with Gasteiger partial charge in [-0.1, -0.05) is 17.7 Å². The summed E-state index contributed by atoms with van der Waals surface area (Å²) in [6, 6.07) is 5.27. The number of pyridine rings is 1. The van der Waals surface area contributed by atoms with Crippen LogP contribution in [0.25, 0.3) is 0 Å². The van der Waals surface area contributed by atoms with Crippen molar-refractivity contribution in [1.29, 1.82) is 5.26 Å². The Morgan fingerprint density at radius 3 is 2.94 bits per heavy atom. The average molecular weight is 239 g/mol. The van der Waals surface area contributed by atoms with E-state index < -0.39 is 11.9 Å². The van der Waals surface area contributed by atoms with E-state index in [4.69, 9.17) is 21.6 Å². The van der Waals surface area contributed by atoms with Crippen molar-refractivity contribution in [3.05, 3.63) is 29.0 Å². The summed E-state index contributed by atoms with van der Waals surface area (Å²) in [6.07, 6.45) is 1.84. The summed E-state index contributed by atoms with van der Waals surface area (Å²) in [7, 11) is 0. The van der Waals surface area contributed by atoms with Gasteiger partial charge >= 0.3 is 5.97 Å². The second-order valence-electron chi connectivity index (χ2n) is 3.13. The van der Waals surface area contributed by atoms with E-state index in [0.717, 1.165) is 5.56 Å². The Kier molecular flexibility index (Phi) is 4.74. The van der Waals surface area contributed by atoms with Crippen LogP contribution < -0.4 is 0 Å². The number of hydrogen-bond acceptors (Lipinski definition) is 4. The number of nitrogens with zero attached hydrogens (tertiary/aromatic N) is 2. The van der Waals surface area contributed by atoms with Crippen molar-refractivity contribution in [3.63, 3.8) is 0 Å². The normalized spacial score (nSPS) is 11.6. The van der Waals surface area contributed by atoms with Crippen LogP contribution in [0.4, 0.5) is 0 Å². The van der Waals surface area contributed by atoms with Gasteiger partial charge in [0.05, 0.1) is 12.7 Å². The van der Waals surface area contributed by atoms with Gasteiger partial charge in [-0.05, 0) is 18.6 Å². The summed E-state index contributed by atoms with van der Waals surface area (Å²) >= 11 is 5.63. The van der Waals surface area contributed by atoms with Crippen molar-refractivity contribution in [2.24, 2.45) is 5.92 Å². The summed E-state index contributed by atoms with van der Waals surface area (Å²) in [5.41, 5.74) is 0.781. The molecule has 1 atom stereocenters. The Morgan fingerprint density at radius 2 is 2.44 bits per heavy atom. The van der Waals surface area contributed by atoms with Gasteiger partial charge in [0.25, 0.3) is 0 Å². The van der Waals surface area contributed by atoms with E-state index in [1.165, 1.54) is 0 Å². The van der Waals surface area contributed by atoms with E-state index in [9.17, 15) is 4.79 Å². The average Bonchev–Trinajstić information content (AvgIpc) is 2.28. The topological polar surface area (TPSA) is 63.0 Å². The van der Waals surface area contributed by atoms with E-state index in [0.29, 0.717) is 11.6 Å². The van der Waals surface area contributed by atoms with Crippen molar-refractivity contribution in [1.82, 2.24) is 4.98 Å². The van der Waals surface area contributed by atoms with Gasteiger partial charge in [-0.15, -0.1) is 0 Å². The third-order valence-corrected chi connectivity index (χ3v) is 2.18. The number of carbonyl (C=O) groups excluding carboxylic acids is 1. The first kappa shape index (κ1) is 12.5. The predicted octanol–water partition coefficient (Wildman–Crippen LogP) is 1.98. The lowest BCUT2D eigenvalue weighted by atomic mass is 10.0. The van der Waals surface area contributed by atoms with E-state index in [-0.39, 0.29) is 6.61 Å². The van der Waals surface area contributed by atoms with Crippen molar-refractivity contribution in [3.8, 4) is 6.07 Å². The van der Waals surface area contributed by atoms with Gasteiger partial charge in [-0.25, -0.2) is 4.98 Å². The van der Waals surface area contributed by atoms with Gasteiger partial charge in [0.1, 0.15) is 11.1 Å². The van der Waals surface area contributed by atoms with Crippen LogP contribution in [0.1, 0.15) is 12.5 Å². The number of halogens is 1. The van der Waals surface area contributed by atoms with Gasteiger partial charge < -0.3 is 4.74 Å². The number of nitriles is 1. The van der Waals surface area contributed by atoms with Crippen LogP contribution in [0, 0.1) is 17.2 Å². The number of aromatic nitrogens is 1. The van der Waals surface area contributed by atoms with E-state index >= 15 is 0 Å². The van der Waals surface area contributed by atoms with Gasteiger partial charge in [-0.2, -0.15) is 5.26 Å². The molecule has 0 aromatic carbocycles. The lowest BCUT2D eigenvalue weighted by Gasteiger charge is -2.07. The van der Waals surface area contributed by atoms with Gasteiger partial charge in [0, 0.05) is 12.6 Å². The molecule has 0 saturated carbocycles. The smallest absolute Gasteiger partial charge is 0.323 e. The number of hydrogen-bond donors (Lipinski definition) is 0. The number of rotatable bonds is 4. The molecule has 0 aliphatic heterocycles. The molecule has 4 nitrogen and oxygen atoms in total. The van der Waals surface area contributed by atoms with Crippen LogP contribution in [0.15, 0.2) is 18.3 Å². The molecule has 0 N–H and O–H groups in total. The predicted molar refractivity (Wildman–Crippen MR) is 58.7 cm³/mol. The summed E-state index contributed by atoms with van der Waals surface area (Å²) in [5, 5.41) is 9.22. The van der Waals surface area contributed by atoms with E-state index in [2.05, 4.69) is 4.98 Å². The fourth-order valence-corrected chi connectivity index (χ4v) is 1.30. The Hall–Kier alpha value is -1.60. The number of esters is 1. The molecular formula is C11H11ClN2O2. The zero-order chi connectivity index (χ0) is 12.0. The fourth-order valence-electron chi connectivity index (χ4n) is 1.19. The molecule has 0 spiro atoms. The molecule has 1 unspecified atom stereocenters. The number of carbonyl (C=O) groups is 1. The molecule has 0 amide bonds. The summed E-state index contributed by atoms with van der Waals surface area (Å²) in [4.78, 5) is 15.2. The SMILES string of the molecule is CCOC(=O)C(C#N)Cc1ccc(Cl)nc1. The summed E-state index contributed by atoms with van der Waals surface area (Å²) in [5.74, 6) is -1.29. The Labute approximate surface area is 98.8 Å². The minimum absolute atomic E-state index is 0.274. The maximum absolute atomic E-state index is 11.4. The Bertz CT molecular complexity index is 397. The molecule has 1 rings (SSSR count). The molecule has 0 fully saturated rings. The highest BCUT2D eigenvalue weighted by atomic mass is 35.5. The molecule has 0 aliphatic carbocycles. The quantitative estimate of drug-likeness (QED) is 0.594. The van der Waals surface area contributed by atoms with Crippen molar-refractivity contribution >= 4 is 17.6 Å². The first-order chi connectivity index (χ1) is 7.67. The molecular weight excluding hydrogens is 228 g/mol. The zero-order valence-corrected chi connectivity index (χ0v) is 9.57. The fraction of sp³-hybridized carbons (Fsp3) is 0.364. The monoisotopic (exact) mass is 238 g/mol. The molecule has 84 valence electrons. The third kappa shape index (κ3) is 3.52. The highest BCUT2D eigenvalue weighted by molar-refractivity contribution is 6.29. The third-order valence-electron chi connectivity index (χ3n) is 1.96. The molecule has 16 heavy (non-hydrogen) atoms. The second-order valence-corrected chi connectivity index (χ2v) is 3.51. The van der Waals surface area contributed by atoms with Crippen LogP contribution in [0.5, 0.6) is 0 Å². The summed E-state index contributed by atoms with van der Waals surface area (Å²) < 4.78 is 4.78. The second kappa shape index (κ2) is 6.09. The lowest BCUT2D eigenvalue weighted by Crippen LogP contribution is -2.18. The Morgan fingerprint density at radius 1 is 1.69 bits per heavy atom. The first-order valence-electron chi connectivity index (χ1n) is 4.84. The maximum atomic E-state index is 11.4. The number of ether oxygens (including phenoxy) is 1. The molecule has 0 radical (unpaired) electrons. The molecule has 0 saturated heterocycles. The Balaban J connectivity index is 2.67. The minimum Gasteiger partial charge on any atom is -0.465 e. The standard InChI is InChI=1S/C11H11ClN2O2/c1-2-16-11(15)9(6-13)5-8-3-4-10(12)14-7-8/h3-4,7,9H,2,5H2,1H3. The van der Waals surface area contributed by atoms with Crippen molar-refractivity contribution in [2.75, 3.05) is 6.61 Å². The highest BCUT2D eigenvalue weighted by Crippen LogP contribution is 2.11. The zero-order valence-electron chi connectivity index (χ0n) is 8.81. The van der Waals surface area contributed by atoms with E-state index in [1.54, 1.807) is 25.3 Å². The first-order valence-corrected chi connectivity index (χ1v) is 5.21. The molecule has 5 heteroatoms. The van der Waals surface area contributed by atoms with Crippen molar-refractivity contribution in [2.45, 2.75) is 13.3 Å². The maximum Gasteiger partial charge on any atom is 0.323 e. The molecule has 0 bridgehead atoms. The van der Waals surface area contributed by atoms with E-state index in [1.807, 2.05) is 6.07 Å². The lowest BCUT2D eigenvalue weighted by molar-refractivity contribution is -0.145. The van der Waals surface area contributed by atoms with Crippen LogP contribution in [0.3, 0.4) is 0 Å². The summed E-state index contributed by atoms with van der Waals surface area (Å²) in [6.45, 7) is 1.98.